The summed E-state index contributed by atoms with van der Waals surface area (Å²) in [5.41, 5.74) is 6.91. The Balaban J connectivity index is 1.57. The minimum absolute atomic E-state index is 0.121. The smallest absolute Gasteiger partial charge is 0.292 e. The quantitative estimate of drug-likeness (QED) is 0.666. The van der Waals surface area contributed by atoms with Gasteiger partial charge in [0.1, 0.15) is 5.69 Å². The second-order valence-corrected chi connectivity index (χ2v) is 7.03. The molecule has 2 fully saturated rings. The SMILES string of the molecule is NC1CCCCC1CC(=O)N1CCN(c2ccccc2[N+](=O)[O-])CC1. The number of hydrogen-bond donors (Lipinski definition) is 1. The van der Waals surface area contributed by atoms with Crippen LogP contribution >= 0.6 is 0 Å². The standard InChI is InChI=1S/C18H26N4O3/c19-15-6-2-1-5-14(15)13-18(23)21-11-9-20(10-12-21)16-7-3-4-8-17(16)22(24)25/h3-4,7-8,14-15H,1-2,5-6,9-13,19H2. The third-order valence-corrected chi connectivity index (χ3v) is 5.46. The molecule has 0 aromatic heterocycles. The Morgan fingerprint density at radius 1 is 1.16 bits per heavy atom. The summed E-state index contributed by atoms with van der Waals surface area (Å²) in [5.74, 6) is 0.471. The predicted molar refractivity (Wildman–Crippen MR) is 96.4 cm³/mol. The van der Waals surface area contributed by atoms with Crippen molar-refractivity contribution in [2.75, 3.05) is 31.1 Å². The third-order valence-electron chi connectivity index (χ3n) is 5.46. The highest BCUT2D eigenvalue weighted by molar-refractivity contribution is 5.77. The summed E-state index contributed by atoms with van der Waals surface area (Å²) in [6.45, 7) is 2.44. The van der Waals surface area contributed by atoms with Crippen LogP contribution in [-0.2, 0) is 4.79 Å². The maximum atomic E-state index is 12.6. The van der Waals surface area contributed by atoms with E-state index in [0.717, 1.165) is 19.3 Å². The maximum absolute atomic E-state index is 12.6. The Labute approximate surface area is 147 Å². The number of nitro benzene ring substituents is 1. The highest BCUT2D eigenvalue weighted by Crippen LogP contribution is 2.29. The molecular weight excluding hydrogens is 320 g/mol. The van der Waals surface area contributed by atoms with Crippen LogP contribution in [-0.4, -0.2) is 48.0 Å². The second-order valence-electron chi connectivity index (χ2n) is 7.03. The first kappa shape index (κ1) is 17.7. The van der Waals surface area contributed by atoms with Crippen molar-refractivity contribution in [3.63, 3.8) is 0 Å². The number of hydrogen-bond acceptors (Lipinski definition) is 5. The van der Waals surface area contributed by atoms with Crippen molar-refractivity contribution in [1.82, 2.24) is 4.90 Å². The number of para-hydroxylation sites is 2. The van der Waals surface area contributed by atoms with E-state index in [9.17, 15) is 14.9 Å². The lowest BCUT2D eigenvalue weighted by atomic mass is 9.82. The maximum Gasteiger partial charge on any atom is 0.292 e. The molecule has 136 valence electrons. The van der Waals surface area contributed by atoms with Crippen LogP contribution in [0.5, 0.6) is 0 Å². The monoisotopic (exact) mass is 346 g/mol. The van der Waals surface area contributed by atoms with Crippen molar-refractivity contribution in [2.45, 2.75) is 38.1 Å². The van der Waals surface area contributed by atoms with Gasteiger partial charge in [-0.2, -0.15) is 0 Å². The van der Waals surface area contributed by atoms with Crippen LogP contribution < -0.4 is 10.6 Å². The Morgan fingerprint density at radius 2 is 1.84 bits per heavy atom. The number of carbonyl (C=O) groups is 1. The Bertz CT molecular complexity index is 629. The lowest BCUT2D eigenvalue weighted by Gasteiger charge is -2.37. The van der Waals surface area contributed by atoms with Crippen LogP contribution in [0.2, 0.25) is 0 Å². The Kier molecular flexibility index (Phi) is 5.53. The van der Waals surface area contributed by atoms with Crippen molar-refractivity contribution in [3.8, 4) is 0 Å². The van der Waals surface area contributed by atoms with Gasteiger partial charge in [-0.25, -0.2) is 0 Å². The van der Waals surface area contributed by atoms with Crippen LogP contribution in [0.25, 0.3) is 0 Å². The van der Waals surface area contributed by atoms with Gasteiger partial charge >= 0.3 is 0 Å². The summed E-state index contributed by atoms with van der Waals surface area (Å²) in [4.78, 5) is 27.3. The molecule has 25 heavy (non-hydrogen) atoms. The first-order valence-corrected chi connectivity index (χ1v) is 9.08. The fraction of sp³-hybridized carbons (Fsp3) is 0.611. The number of nitro groups is 1. The number of nitrogens with two attached hydrogens (primary N) is 1. The number of nitrogens with zero attached hydrogens (tertiary/aromatic N) is 3. The molecule has 1 saturated carbocycles. The molecule has 1 aromatic rings. The molecule has 0 bridgehead atoms. The minimum Gasteiger partial charge on any atom is -0.362 e. The molecule has 2 N–H and O–H groups in total. The minimum atomic E-state index is -0.350. The van der Waals surface area contributed by atoms with E-state index in [1.54, 1.807) is 12.1 Å². The molecule has 7 nitrogen and oxygen atoms in total. The number of anilines is 1. The van der Waals surface area contributed by atoms with Gasteiger partial charge in [-0.3, -0.25) is 14.9 Å². The lowest BCUT2D eigenvalue weighted by Crippen LogP contribution is -2.50. The number of rotatable bonds is 4. The zero-order valence-electron chi connectivity index (χ0n) is 14.5. The van der Waals surface area contributed by atoms with Crippen LogP contribution in [0.3, 0.4) is 0 Å². The van der Waals surface area contributed by atoms with E-state index in [2.05, 4.69) is 0 Å². The summed E-state index contributed by atoms with van der Waals surface area (Å²) < 4.78 is 0. The van der Waals surface area contributed by atoms with Gasteiger partial charge in [-0.15, -0.1) is 0 Å². The lowest BCUT2D eigenvalue weighted by molar-refractivity contribution is -0.384. The summed E-state index contributed by atoms with van der Waals surface area (Å²) in [5, 5.41) is 11.2. The largest absolute Gasteiger partial charge is 0.362 e. The Hall–Kier alpha value is -2.15. The zero-order valence-corrected chi connectivity index (χ0v) is 14.5. The van der Waals surface area contributed by atoms with E-state index in [0.29, 0.717) is 44.2 Å². The van der Waals surface area contributed by atoms with Crippen LogP contribution in [0, 0.1) is 16.0 Å². The fourth-order valence-corrected chi connectivity index (χ4v) is 3.93. The highest BCUT2D eigenvalue weighted by atomic mass is 16.6. The van der Waals surface area contributed by atoms with Crippen LogP contribution in [0.4, 0.5) is 11.4 Å². The molecule has 2 aliphatic rings. The molecule has 1 heterocycles. The number of piperazine rings is 1. The van der Waals surface area contributed by atoms with Crippen molar-refractivity contribution in [1.29, 1.82) is 0 Å². The fourth-order valence-electron chi connectivity index (χ4n) is 3.93. The molecule has 3 rings (SSSR count). The van der Waals surface area contributed by atoms with Gasteiger partial charge in [0, 0.05) is 44.7 Å². The summed E-state index contributed by atoms with van der Waals surface area (Å²) >= 11 is 0. The molecule has 7 heteroatoms. The number of amides is 1. The van der Waals surface area contributed by atoms with Gasteiger partial charge in [-0.1, -0.05) is 25.0 Å². The van der Waals surface area contributed by atoms with Crippen LogP contribution in [0.15, 0.2) is 24.3 Å². The van der Waals surface area contributed by atoms with Crippen molar-refractivity contribution >= 4 is 17.3 Å². The molecular formula is C18H26N4O3. The van der Waals surface area contributed by atoms with Crippen LogP contribution in [0.1, 0.15) is 32.1 Å². The topological polar surface area (TPSA) is 92.7 Å². The van der Waals surface area contributed by atoms with Crippen molar-refractivity contribution in [3.05, 3.63) is 34.4 Å². The van der Waals surface area contributed by atoms with Gasteiger partial charge in [0.2, 0.25) is 5.91 Å². The zero-order chi connectivity index (χ0) is 17.8. The van der Waals surface area contributed by atoms with Gasteiger partial charge < -0.3 is 15.5 Å². The van der Waals surface area contributed by atoms with E-state index in [4.69, 9.17) is 5.73 Å². The summed E-state index contributed by atoms with van der Waals surface area (Å²) in [7, 11) is 0. The molecule has 2 atom stereocenters. The summed E-state index contributed by atoms with van der Waals surface area (Å²) in [6, 6.07) is 6.93. The molecule has 0 radical (unpaired) electrons. The molecule has 2 unspecified atom stereocenters. The van der Waals surface area contributed by atoms with Gasteiger partial charge in [0.05, 0.1) is 4.92 Å². The predicted octanol–water partition coefficient (Wildman–Crippen LogP) is 2.15. The second kappa shape index (κ2) is 7.82. The first-order chi connectivity index (χ1) is 12.1. The third kappa shape index (κ3) is 4.10. The van der Waals surface area contributed by atoms with E-state index >= 15 is 0 Å². The Morgan fingerprint density at radius 3 is 2.52 bits per heavy atom. The first-order valence-electron chi connectivity index (χ1n) is 9.08. The number of benzene rings is 1. The average Bonchev–Trinajstić information content (AvgIpc) is 2.63. The molecule has 1 amide bonds. The molecule has 1 aromatic carbocycles. The van der Waals surface area contributed by atoms with E-state index < -0.39 is 0 Å². The molecule has 1 saturated heterocycles. The van der Waals surface area contributed by atoms with E-state index in [1.165, 1.54) is 12.5 Å². The summed E-state index contributed by atoms with van der Waals surface area (Å²) in [6.07, 6.45) is 4.93. The highest BCUT2D eigenvalue weighted by Gasteiger charge is 2.29. The van der Waals surface area contributed by atoms with Gasteiger partial charge in [-0.05, 0) is 24.8 Å². The molecule has 1 aliphatic carbocycles. The van der Waals surface area contributed by atoms with Crippen molar-refractivity contribution < 1.29 is 9.72 Å². The van der Waals surface area contributed by atoms with Gasteiger partial charge in [0.25, 0.3) is 5.69 Å². The average molecular weight is 346 g/mol. The van der Waals surface area contributed by atoms with E-state index in [1.807, 2.05) is 15.9 Å². The van der Waals surface area contributed by atoms with Crippen molar-refractivity contribution in [2.24, 2.45) is 11.7 Å². The number of carbonyl (C=O) groups excluding carboxylic acids is 1. The molecule has 0 spiro atoms. The molecule has 1 aliphatic heterocycles. The van der Waals surface area contributed by atoms with E-state index in [-0.39, 0.29) is 22.6 Å². The van der Waals surface area contributed by atoms with Gasteiger partial charge in [0.15, 0.2) is 0 Å². The normalized spacial score (nSPS) is 24.2.